The first-order chi connectivity index (χ1) is 16.0. The molecule has 2 aromatic carbocycles. The predicted octanol–water partition coefficient (Wildman–Crippen LogP) is 4.38. The molecule has 7 nitrogen and oxygen atoms in total. The lowest BCUT2D eigenvalue weighted by Gasteiger charge is -2.27. The molecule has 0 fully saturated rings. The third-order valence-electron chi connectivity index (χ3n) is 5.20. The highest BCUT2D eigenvalue weighted by atomic mass is 16.5. The van der Waals surface area contributed by atoms with E-state index in [4.69, 9.17) is 13.9 Å². The molecule has 0 aliphatic heterocycles. The van der Waals surface area contributed by atoms with Gasteiger partial charge in [0.25, 0.3) is 5.91 Å². The standard InChI is InChI=1S/C26H30N2O5/c1-4-12-27(26(30)21-14-23(31-2)16-24(15-21)32-3)19-25(29)28(18-22-11-8-13-33-22)17-20-9-6-5-7-10-20/h5-11,13-16H,4,12,17-19H2,1-3H3. The highest BCUT2D eigenvalue weighted by Gasteiger charge is 2.24. The quantitative estimate of drug-likeness (QED) is 0.434. The Morgan fingerprint density at radius 3 is 2.15 bits per heavy atom. The van der Waals surface area contributed by atoms with Crippen molar-refractivity contribution in [3.63, 3.8) is 0 Å². The Hall–Kier alpha value is -3.74. The van der Waals surface area contributed by atoms with Crippen LogP contribution in [0, 0.1) is 0 Å². The highest BCUT2D eigenvalue weighted by Crippen LogP contribution is 2.24. The van der Waals surface area contributed by atoms with Crippen molar-refractivity contribution in [2.75, 3.05) is 27.3 Å². The highest BCUT2D eigenvalue weighted by molar-refractivity contribution is 5.97. The molecule has 174 valence electrons. The van der Waals surface area contributed by atoms with Crippen molar-refractivity contribution in [2.45, 2.75) is 26.4 Å². The summed E-state index contributed by atoms with van der Waals surface area (Å²) in [5.41, 5.74) is 1.41. The summed E-state index contributed by atoms with van der Waals surface area (Å²) in [5, 5.41) is 0. The van der Waals surface area contributed by atoms with Crippen molar-refractivity contribution in [1.29, 1.82) is 0 Å². The van der Waals surface area contributed by atoms with E-state index in [0.29, 0.717) is 42.5 Å². The predicted molar refractivity (Wildman–Crippen MR) is 125 cm³/mol. The van der Waals surface area contributed by atoms with Gasteiger partial charge in [-0.1, -0.05) is 37.3 Å². The summed E-state index contributed by atoms with van der Waals surface area (Å²) in [7, 11) is 3.07. The number of benzene rings is 2. The number of furan rings is 1. The zero-order valence-electron chi connectivity index (χ0n) is 19.3. The topological polar surface area (TPSA) is 72.2 Å². The summed E-state index contributed by atoms with van der Waals surface area (Å²) in [6.07, 6.45) is 2.31. The molecule has 0 unspecified atom stereocenters. The second-order valence-electron chi connectivity index (χ2n) is 7.64. The summed E-state index contributed by atoms with van der Waals surface area (Å²) in [5.74, 6) is 1.31. The number of ether oxygens (including phenoxy) is 2. The Morgan fingerprint density at radius 2 is 1.58 bits per heavy atom. The van der Waals surface area contributed by atoms with E-state index in [9.17, 15) is 9.59 Å². The second kappa shape index (κ2) is 11.8. The Kier molecular flexibility index (Phi) is 8.52. The summed E-state index contributed by atoms with van der Waals surface area (Å²) < 4.78 is 16.1. The second-order valence-corrected chi connectivity index (χ2v) is 7.64. The first-order valence-corrected chi connectivity index (χ1v) is 10.9. The third-order valence-corrected chi connectivity index (χ3v) is 5.20. The number of rotatable bonds is 11. The van der Waals surface area contributed by atoms with E-state index in [1.54, 1.807) is 40.3 Å². The molecule has 0 spiro atoms. The van der Waals surface area contributed by atoms with Crippen molar-refractivity contribution in [2.24, 2.45) is 0 Å². The lowest BCUT2D eigenvalue weighted by atomic mass is 10.1. The molecule has 1 heterocycles. The summed E-state index contributed by atoms with van der Waals surface area (Å²) in [4.78, 5) is 30.0. The summed E-state index contributed by atoms with van der Waals surface area (Å²) in [6, 6.07) is 18.4. The fourth-order valence-electron chi connectivity index (χ4n) is 3.53. The van der Waals surface area contributed by atoms with E-state index in [0.717, 1.165) is 12.0 Å². The fraction of sp³-hybridized carbons (Fsp3) is 0.308. The number of hydrogen-bond donors (Lipinski definition) is 0. The molecule has 3 rings (SSSR count). The van der Waals surface area contributed by atoms with Crippen LogP contribution in [-0.4, -0.2) is 48.9 Å². The third kappa shape index (κ3) is 6.62. The van der Waals surface area contributed by atoms with Gasteiger partial charge in [-0.25, -0.2) is 0 Å². The van der Waals surface area contributed by atoms with E-state index in [2.05, 4.69) is 0 Å². The van der Waals surface area contributed by atoms with Crippen LogP contribution >= 0.6 is 0 Å². The molecule has 7 heteroatoms. The van der Waals surface area contributed by atoms with Gasteiger partial charge in [-0.05, 0) is 36.2 Å². The molecule has 0 aliphatic carbocycles. The van der Waals surface area contributed by atoms with E-state index in [1.165, 1.54) is 14.2 Å². The first-order valence-electron chi connectivity index (χ1n) is 10.9. The van der Waals surface area contributed by atoms with Crippen LogP contribution < -0.4 is 9.47 Å². The van der Waals surface area contributed by atoms with Gasteiger partial charge in [0, 0.05) is 24.7 Å². The molecular formula is C26H30N2O5. The lowest BCUT2D eigenvalue weighted by Crippen LogP contribution is -2.42. The van der Waals surface area contributed by atoms with Crippen molar-refractivity contribution in [1.82, 2.24) is 9.80 Å². The minimum absolute atomic E-state index is 0.0419. The van der Waals surface area contributed by atoms with Crippen LogP contribution in [0.5, 0.6) is 11.5 Å². The largest absolute Gasteiger partial charge is 0.497 e. The van der Waals surface area contributed by atoms with Crippen molar-refractivity contribution < 1.29 is 23.5 Å². The van der Waals surface area contributed by atoms with Gasteiger partial charge in [-0.2, -0.15) is 0 Å². The van der Waals surface area contributed by atoms with Crippen LogP contribution in [0.1, 0.15) is 35.0 Å². The molecule has 1 aromatic heterocycles. The first kappa shape index (κ1) is 23.9. The maximum Gasteiger partial charge on any atom is 0.254 e. The Balaban J connectivity index is 1.81. The smallest absolute Gasteiger partial charge is 0.254 e. The van der Waals surface area contributed by atoms with E-state index >= 15 is 0 Å². The van der Waals surface area contributed by atoms with Gasteiger partial charge in [0.2, 0.25) is 5.91 Å². The molecule has 0 bridgehead atoms. The molecule has 0 aliphatic rings. The molecule has 0 radical (unpaired) electrons. The monoisotopic (exact) mass is 450 g/mol. The fourth-order valence-corrected chi connectivity index (χ4v) is 3.53. The lowest BCUT2D eigenvalue weighted by molar-refractivity contribution is -0.133. The maximum atomic E-state index is 13.4. The van der Waals surface area contributed by atoms with Crippen molar-refractivity contribution in [3.8, 4) is 11.5 Å². The molecule has 0 saturated heterocycles. The average molecular weight is 451 g/mol. The van der Waals surface area contributed by atoms with Crippen LogP contribution in [0.15, 0.2) is 71.3 Å². The van der Waals surface area contributed by atoms with Gasteiger partial charge < -0.3 is 23.7 Å². The zero-order chi connectivity index (χ0) is 23.6. The normalized spacial score (nSPS) is 10.5. The SMILES string of the molecule is CCCN(CC(=O)N(Cc1ccccc1)Cc1ccco1)C(=O)c1cc(OC)cc(OC)c1. The molecule has 3 aromatic rings. The Morgan fingerprint density at radius 1 is 0.879 bits per heavy atom. The number of amides is 2. The number of methoxy groups -OCH3 is 2. The van der Waals surface area contributed by atoms with Gasteiger partial charge in [-0.3, -0.25) is 9.59 Å². The number of hydrogen-bond acceptors (Lipinski definition) is 5. The minimum atomic E-state index is -0.250. The molecular weight excluding hydrogens is 420 g/mol. The van der Waals surface area contributed by atoms with Gasteiger partial charge in [0.15, 0.2) is 0 Å². The Labute approximate surface area is 194 Å². The van der Waals surface area contributed by atoms with Crippen LogP contribution in [0.25, 0.3) is 0 Å². The molecule has 0 saturated carbocycles. The average Bonchev–Trinajstić information content (AvgIpc) is 3.36. The molecule has 2 amide bonds. The van der Waals surface area contributed by atoms with Gasteiger partial charge in [0.1, 0.15) is 23.8 Å². The van der Waals surface area contributed by atoms with Crippen LogP contribution in [-0.2, 0) is 17.9 Å². The molecule has 0 N–H and O–H groups in total. The van der Waals surface area contributed by atoms with Crippen LogP contribution in [0.3, 0.4) is 0 Å². The summed E-state index contributed by atoms with van der Waals surface area (Å²) >= 11 is 0. The van der Waals surface area contributed by atoms with Crippen LogP contribution in [0.4, 0.5) is 0 Å². The van der Waals surface area contributed by atoms with E-state index in [-0.39, 0.29) is 18.4 Å². The zero-order valence-corrected chi connectivity index (χ0v) is 19.3. The maximum absolute atomic E-state index is 13.4. The van der Waals surface area contributed by atoms with E-state index in [1.807, 2.05) is 43.3 Å². The summed E-state index contributed by atoms with van der Waals surface area (Å²) in [6.45, 7) is 3.12. The number of nitrogens with zero attached hydrogens (tertiary/aromatic N) is 2. The Bertz CT molecular complexity index is 1010. The van der Waals surface area contributed by atoms with Crippen molar-refractivity contribution in [3.05, 3.63) is 83.8 Å². The van der Waals surface area contributed by atoms with Crippen molar-refractivity contribution >= 4 is 11.8 Å². The molecule has 0 atom stereocenters. The van der Waals surface area contributed by atoms with Gasteiger partial charge >= 0.3 is 0 Å². The molecule has 33 heavy (non-hydrogen) atoms. The van der Waals surface area contributed by atoms with Crippen LogP contribution in [0.2, 0.25) is 0 Å². The van der Waals surface area contributed by atoms with Gasteiger partial charge in [0.05, 0.1) is 27.0 Å². The number of carbonyl (C=O) groups excluding carboxylic acids is 2. The number of carbonyl (C=O) groups is 2. The van der Waals surface area contributed by atoms with E-state index < -0.39 is 0 Å². The van der Waals surface area contributed by atoms with Gasteiger partial charge in [-0.15, -0.1) is 0 Å². The minimum Gasteiger partial charge on any atom is -0.497 e.